The second-order valence-corrected chi connectivity index (χ2v) is 7.87. The van der Waals surface area contributed by atoms with Gasteiger partial charge in [-0.25, -0.2) is 18.2 Å². The van der Waals surface area contributed by atoms with Crippen molar-refractivity contribution in [1.29, 1.82) is 0 Å². The van der Waals surface area contributed by atoms with E-state index in [9.17, 15) is 13.2 Å². The van der Waals surface area contributed by atoms with Gasteiger partial charge in [0.05, 0.1) is 25.6 Å². The highest BCUT2D eigenvalue weighted by molar-refractivity contribution is 7.89. The number of nitrogens with one attached hydrogen (secondary N) is 2. The number of sulfonamides is 1. The number of ether oxygens (including phenoxy) is 3. The van der Waals surface area contributed by atoms with Crippen LogP contribution in [0.3, 0.4) is 0 Å². The Morgan fingerprint density at radius 2 is 2.04 bits per heavy atom. The lowest BCUT2D eigenvalue weighted by Gasteiger charge is -2.26. The topological polar surface area (TPSA) is 119 Å². The van der Waals surface area contributed by atoms with Crippen molar-refractivity contribution >= 4 is 16.1 Å². The third kappa shape index (κ3) is 7.67. The molecule has 0 aromatic carbocycles. The van der Waals surface area contributed by atoms with Gasteiger partial charge in [-0.3, -0.25) is 0 Å². The van der Waals surface area contributed by atoms with Crippen molar-refractivity contribution in [2.45, 2.75) is 6.54 Å². The van der Waals surface area contributed by atoms with E-state index in [4.69, 9.17) is 14.2 Å². The second-order valence-electron chi connectivity index (χ2n) is 5.78. The van der Waals surface area contributed by atoms with Crippen molar-refractivity contribution in [1.82, 2.24) is 19.9 Å². The molecule has 0 radical (unpaired) electrons. The van der Waals surface area contributed by atoms with E-state index in [1.54, 1.807) is 25.4 Å². The number of nitrogens with zero attached hydrogens (tertiary/aromatic N) is 2. The van der Waals surface area contributed by atoms with Crippen molar-refractivity contribution < 1.29 is 27.4 Å². The van der Waals surface area contributed by atoms with Crippen molar-refractivity contribution in [3.8, 4) is 5.88 Å². The number of hydrogen-bond acceptors (Lipinski definition) is 7. The van der Waals surface area contributed by atoms with E-state index in [0.29, 0.717) is 45.4 Å². The van der Waals surface area contributed by atoms with Crippen LogP contribution in [0.1, 0.15) is 5.56 Å². The Bertz CT molecular complexity index is 677. The first-order valence-electron chi connectivity index (χ1n) is 8.65. The Hall–Kier alpha value is -1.95. The van der Waals surface area contributed by atoms with Gasteiger partial charge in [-0.1, -0.05) is 6.07 Å². The molecule has 1 aromatic heterocycles. The standard InChI is InChI=1S/C16H26N4O6S/c1-24-9-10-26-15-3-2-14(12-18-15)13-19-16(21)17-4-11-27(22,23)20-5-7-25-8-6-20/h2-3,12H,4-11,13H2,1H3,(H2,17,19,21). The fourth-order valence-electron chi connectivity index (χ4n) is 2.32. The fourth-order valence-corrected chi connectivity index (χ4v) is 3.65. The van der Waals surface area contributed by atoms with Gasteiger partial charge in [-0.2, -0.15) is 4.31 Å². The Kier molecular flexibility index (Phi) is 8.72. The molecule has 152 valence electrons. The van der Waals surface area contributed by atoms with Crippen LogP contribution in [0.2, 0.25) is 0 Å². The molecular weight excluding hydrogens is 376 g/mol. The average molecular weight is 402 g/mol. The zero-order chi connectivity index (χ0) is 19.5. The zero-order valence-corrected chi connectivity index (χ0v) is 16.2. The zero-order valence-electron chi connectivity index (χ0n) is 15.3. The molecule has 11 heteroatoms. The fraction of sp³-hybridized carbons (Fsp3) is 0.625. The number of hydrogen-bond donors (Lipinski definition) is 2. The molecule has 0 spiro atoms. The van der Waals surface area contributed by atoms with Crippen LogP contribution < -0.4 is 15.4 Å². The summed E-state index contributed by atoms with van der Waals surface area (Å²) < 4.78 is 41.1. The number of rotatable bonds is 10. The molecule has 0 saturated carbocycles. The molecular formula is C16H26N4O6S. The summed E-state index contributed by atoms with van der Waals surface area (Å²) in [7, 11) is -1.79. The van der Waals surface area contributed by atoms with Gasteiger partial charge in [-0.15, -0.1) is 0 Å². The first kappa shape index (κ1) is 21.4. The summed E-state index contributed by atoms with van der Waals surface area (Å²) in [5, 5.41) is 5.20. The van der Waals surface area contributed by atoms with Gasteiger partial charge in [0, 0.05) is 45.6 Å². The maximum atomic E-state index is 12.1. The third-order valence-electron chi connectivity index (χ3n) is 3.80. The number of pyridine rings is 1. The molecule has 0 aliphatic carbocycles. The average Bonchev–Trinajstić information content (AvgIpc) is 2.68. The summed E-state index contributed by atoms with van der Waals surface area (Å²) >= 11 is 0. The van der Waals surface area contributed by atoms with Gasteiger partial charge < -0.3 is 24.8 Å². The molecule has 1 saturated heterocycles. The number of amides is 2. The van der Waals surface area contributed by atoms with E-state index < -0.39 is 16.1 Å². The normalized spacial score (nSPS) is 15.3. The first-order valence-corrected chi connectivity index (χ1v) is 10.3. The van der Waals surface area contributed by atoms with Crippen LogP contribution in [0.4, 0.5) is 4.79 Å². The molecule has 1 aliphatic heterocycles. The van der Waals surface area contributed by atoms with Gasteiger partial charge in [0.15, 0.2) is 0 Å². The molecule has 2 heterocycles. The van der Waals surface area contributed by atoms with Crippen LogP contribution in [0.15, 0.2) is 18.3 Å². The SMILES string of the molecule is COCCOc1ccc(CNC(=O)NCCS(=O)(=O)N2CCOCC2)cn1. The number of carbonyl (C=O) groups excluding carboxylic acids is 1. The van der Waals surface area contributed by atoms with E-state index in [2.05, 4.69) is 15.6 Å². The van der Waals surface area contributed by atoms with E-state index in [1.807, 2.05) is 0 Å². The minimum Gasteiger partial charge on any atom is -0.475 e. The lowest BCUT2D eigenvalue weighted by molar-refractivity contribution is 0.0730. The molecule has 2 N–H and O–H groups in total. The van der Waals surface area contributed by atoms with E-state index in [0.717, 1.165) is 5.56 Å². The highest BCUT2D eigenvalue weighted by Crippen LogP contribution is 2.07. The molecule has 1 fully saturated rings. The van der Waals surface area contributed by atoms with Crippen molar-refractivity contribution in [2.75, 3.05) is 58.9 Å². The van der Waals surface area contributed by atoms with Crippen LogP contribution in [-0.2, 0) is 26.0 Å². The van der Waals surface area contributed by atoms with Crippen molar-refractivity contribution in [3.05, 3.63) is 23.9 Å². The number of urea groups is 1. The molecule has 0 atom stereocenters. The van der Waals surface area contributed by atoms with Crippen LogP contribution in [-0.4, -0.2) is 82.7 Å². The van der Waals surface area contributed by atoms with Crippen LogP contribution in [0.5, 0.6) is 5.88 Å². The lowest BCUT2D eigenvalue weighted by atomic mass is 10.3. The third-order valence-corrected chi connectivity index (χ3v) is 5.67. The molecule has 1 aliphatic rings. The van der Waals surface area contributed by atoms with Crippen molar-refractivity contribution in [3.63, 3.8) is 0 Å². The lowest BCUT2D eigenvalue weighted by Crippen LogP contribution is -2.44. The Morgan fingerprint density at radius 1 is 1.26 bits per heavy atom. The minimum absolute atomic E-state index is 0.0377. The number of carbonyl (C=O) groups is 1. The van der Waals surface area contributed by atoms with Gasteiger partial charge in [-0.05, 0) is 5.56 Å². The first-order chi connectivity index (χ1) is 13.0. The summed E-state index contributed by atoms with van der Waals surface area (Å²) in [6.45, 7) is 2.71. The van der Waals surface area contributed by atoms with Crippen LogP contribution in [0.25, 0.3) is 0 Å². The molecule has 10 nitrogen and oxygen atoms in total. The largest absolute Gasteiger partial charge is 0.475 e. The molecule has 0 bridgehead atoms. The smallest absolute Gasteiger partial charge is 0.315 e. The Balaban J connectivity index is 1.65. The summed E-state index contributed by atoms with van der Waals surface area (Å²) in [4.78, 5) is 15.9. The number of aromatic nitrogens is 1. The summed E-state index contributed by atoms with van der Waals surface area (Å²) in [6.07, 6.45) is 1.60. The summed E-state index contributed by atoms with van der Waals surface area (Å²) in [5.74, 6) is 0.337. The molecule has 2 amide bonds. The quantitative estimate of drug-likeness (QED) is 0.510. The highest BCUT2D eigenvalue weighted by Gasteiger charge is 2.23. The Morgan fingerprint density at radius 3 is 2.70 bits per heavy atom. The molecule has 1 aromatic rings. The predicted molar refractivity (Wildman–Crippen MR) is 98.0 cm³/mol. The molecule has 2 rings (SSSR count). The summed E-state index contributed by atoms with van der Waals surface area (Å²) in [5.41, 5.74) is 0.796. The van der Waals surface area contributed by atoms with E-state index >= 15 is 0 Å². The summed E-state index contributed by atoms with van der Waals surface area (Å²) in [6, 6.07) is 3.06. The van der Waals surface area contributed by atoms with Gasteiger partial charge in [0.25, 0.3) is 0 Å². The number of methoxy groups -OCH3 is 1. The van der Waals surface area contributed by atoms with Gasteiger partial charge >= 0.3 is 6.03 Å². The monoisotopic (exact) mass is 402 g/mol. The molecule has 27 heavy (non-hydrogen) atoms. The molecule has 0 unspecified atom stereocenters. The van der Waals surface area contributed by atoms with Gasteiger partial charge in [0.1, 0.15) is 6.61 Å². The maximum Gasteiger partial charge on any atom is 0.315 e. The predicted octanol–water partition coefficient (Wildman–Crippen LogP) is -0.432. The van der Waals surface area contributed by atoms with Crippen molar-refractivity contribution in [2.24, 2.45) is 0 Å². The Labute approximate surface area is 159 Å². The highest BCUT2D eigenvalue weighted by atomic mass is 32.2. The van der Waals surface area contributed by atoms with E-state index in [1.165, 1.54) is 4.31 Å². The van der Waals surface area contributed by atoms with Crippen LogP contribution in [0, 0.1) is 0 Å². The number of morpholine rings is 1. The maximum absolute atomic E-state index is 12.1. The second kappa shape index (κ2) is 11.0. The van der Waals surface area contributed by atoms with Crippen LogP contribution >= 0.6 is 0 Å². The van der Waals surface area contributed by atoms with E-state index in [-0.39, 0.29) is 18.8 Å². The minimum atomic E-state index is -3.38. The van der Waals surface area contributed by atoms with Gasteiger partial charge in [0.2, 0.25) is 15.9 Å².